The van der Waals surface area contributed by atoms with E-state index < -0.39 is 5.60 Å². The molecule has 1 atom stereocenters. The maximum atomic E-state index is 9.77. The minimum atomic E-state index is -0.496. The third-order valence-electron chi connectivity index (χ3n) is 2.80. The molecule has 1 aromatic rings. The first kappa shape index (κ1) is 10.6. The van der Waals surface area contributed by atoms with Gasteiger partial charge in [-0.1, -0.05) is 0 Å². The van der Waals surface area contributed by atoms with Gasteiger partial charge in [0.2, 0.25) is 12.3 Å². The molecule has 0 saturated carbocycles. The van der Waals surface area contributed by atoms with E-state index in [-0.39, 0.29) is 0 Å². The second-order valence-corrected chi connectivity index (χ2v) is 4.46. The molecule has 1 aromatic heterocycles. The lowest BCUT2D eigenvalue weighted by molar-refractivity contribution is 0.0686. The first-order valence-corrected chi connectivity index (χ1v) is 5.35. The van der Waals surface area contributed by atoms with Crippen LogP contribution in [0.3, 0.4) is 0 Å². The predicted octanol–water partition coefficient (Wildman–Crippen LogP) is 0.459. The van der Waals surface area contributed by atoms with Crippen LogP contribution in [-0.4, -0.2) is 45.4 Å². The van der Waals surface area contributed by atoms with Crippen LogP contribution in [0, 0.1) is 0 Å². The standard InChI is InChI=1S/C10H17N3O2/c1-10(14)4-6-13(7-10)5-2-3-9-12-11-8-15-9/h8,14H,2-7H2,1H3. The fourth-order valence-electron chi connectivity index (χ4n) is 1.99. The molecule has 1 aliphatic rings. The van der Waals surface area contributed by atoms with Gasteiger partial charge in [0.15, 0.2) is 0 Å². The van der Waals surface area contributed by atoms with E-state index in [1.807, 2.05) is 6.92 Å². The van der Waals surface area contributed by atoms with Crippen molar-refractivity contribution in [3.05, 3.63) is 12.3 Å². The number of β-amino-alcohol motifs (C(OH)–C–C–N with tert-alkyl or cyclic N) is 1. The van der Waals surface area contributed by atoms with E-state index in [0.717, 1.165) is 38.9 Å². The van der Waals surface area contributed by atoms with Crippen molar-refractivity contribution in [3.8, 4) is 0 Å². The highest BCUT2D eigenvalue weighted by molar-refractivity contribution is 4.86. The zero-order valence-corrected chi connectivity index (χ0v) is 9.02. The lowest BCUT2D eigenvalue weighted by Gasteiger charge is -2.18. The predicted molar refractivity (Wildman–Crippen MR) is 54.3 cm³/mol. The molecule has 0 bridgehead atoms. The summed E-state index contributed by atoms with van der Waals surface area (Å²) in [6, 6.07) is 0. The molecule has 1 N–H and O–H groups in total. The maximum absolute atomic E-state index is 9.77. The van der Waals surface area contributed by atoms with Crippen LogP contribution in [0.5, 0.6) is 0 Å². The number of aliphatic hydroxyl groups is 1. The van der Waals surface area contributed by atoms with Gasteiger partial charge in [-0.25, -0.2) is 0 Å². The highest BCUT2D eigenvalue weighted by Crippen LogP contribution is 2.20. The molecule has 5 heteroatoms. The Balaban J connectivity index is 1.67. The highest BCUT2D eigenvalue weighted by atomic mass is 16.4. The van der Waals surface area contributed by atoms with E-state index in [4.69, 9.17) is 4.42 Å². The van der Waals surface area contributed by atoms with Crippen molar-refractivity contribution in [2.45, 2.75) is 31.8 Å². The average Bonchev–Trinajstić information content (AvgIpc) is 2.76. The Morgan fingerprint density at radius 2 is 2.53 bits per heavy atom. The first-order valence-electron chi connectivity index (χ1n) is 5.35. The smallest absolute Gasteiger partial charge is 0.216 e. The molecule has 2 heterocycles. The van der Waals surface area contributed by atoms with Crippen LogP contribution in [0.2, 0.25) is 0 Å². The Morgan fingerprint density at radius 1 is 1.67 bits per heavy atom. The molecule has 2 rings (SSSR count). The largest absolute Gasteiger partial charge is 0.428 e. The molecule has 1 aliphatic heterocycles. The van der Waals surface area contributed by atoms with Crippen LogP contribution in [0.25, 0.3) is 0 Å². The topological polar surface area (TPSA) is 62.4 Å². The summed E-state index contributed by atoms with van der Waals surface area (Å²) >= 11 is 0. The summed E-state index contributed by atoms with van der Waals surface area (Å²) in [5, 5.41) is 17.2. The van der Waals surface area contributed by atoms with Gasteiger partial charge >= 0.3 is 0 Å². The molecule has 0 spiro atoms. The zero-order valence-electron chi connectivity index (χ0n) is 9.02. The fourth-order valence-corrected chi connectivity index (χ4v) is 1.99. The van der Waals surface area contributed by atoms with Crippen LogP contribution in [0.15, 0.2) is 10.8 Å². The van der Waals surface area contributed by atoms with Gasteiger partial charge in [-0.3, -0.25) is 0 Å². The zero-order chi connectivity index (χ0) is 10.7. The Kier molecular flexibility index (Phi) is 3.02. The molecule has 1 unspecified atom stereocenters. The molecule has 5 nitrogen and oxygen atoms in total. The Bertz CT molecular complexity index is 298. The van der Waals surface area contributed by atoms with Gasteiger partial charge < -0.3 is 14.4 Å². The number of likely N-dealkylation sites (tertiary alicyclic amines) is 1. The van der Waals surface area contributed by atoms with Gasteiger partial charge in [-0.15, -0.1) is 10.2 Å². The van der Waals surface area contributed by atoms with Crippen molar-refractivity contribution >= 4 is 0 Å². The fraction of sp³-hybridized carbons (Fsp3) is 0.800. The van der Waals surface area contributed by atoms with Crippen molar-refractivity contribution in [3.63, 3.8) is 0 Å². The first-order chi connectivity index (χ1) is 7.16. The van der Waals surface area contributed by atoms with E-state index in [9.17, 15) is 5.11 Å². The molecule has 84 valence electrons. The number of nitrogens with zero attached hydrogens (tertiary/aromatic N) is 3. The van der Waals surface area contributed by atoms with Gasteiger partial charge in [0, 0.05) is 19.5 Å². The Morgan fingerprint density at radius 3 is 3.13 bits per heavy atom. The number of aryl methyl sites for hydroxylation is 1. The van der Waals surface area contributed by atoms with Gasteiger partial charge in [0.25, 0.3) is 0 Å². The van der Waals surface area contributed by atoms with Crippen LogP contribution in [0.1, 0.15) is 25.7 Å². The van der Waals surface area contributed by atoms with Crippen molar-refractivity contribution in [2.24, 2.45) is 0 Å². The van der Waals surface area contributed by atoms with E-state index >= 15 is 0 Å². The average molecular weight is 211 g/mol. The summed E-state index contributed by atoms with van der Waals surface area (Å²) in [6.07, 6.45) is 4.04. The van der Waals surface area contributed by atoms with Gasteiger partial charge in [-0.05, 0) is 26.3 Å². The number of hydrogen-bond acceptors (Lipinski definition) is 5. The second kappa shape index (κ2) is 4.28. The SMILES string of the molecule is CC1(O)CCN(CCCc2nnco2)C1. The maximum Gasteiger partial charge on any atom is 0.216 e. The minimum Gasteiger partial charge on any atom is -0.428 e. The number of aromatic nitrogens is 2. The van der Waals surface area contributed by atoms with Crippen molar-refractivity contribution in [2.75, 3.05) is 19.6 Å². The van der Waals surface area contributed by atoms with Crippen LogP contribution in [0.4, 0.5) is 0 Å². The number of rotatable bonds is 4. The summed E-state index contributed by atoms with van der Waals surface area (Å²) in [6.45, 7) is 4.64. The molecule has 15 heavy (non-hydrogen) atoms. The molecule has 0 aromatic carbocycles. The molecule has 0 radical (unpaired) electrons. The molecule has 1 fully saturated rings. The lowest BCUT2D eigenvalue weighted by Crippen LogP contribution is -2.30. The van der Waals surface area contributed by atoms with Crippen LogP contribution < -0.4 is 0 Å². The summed E-state index contributed by atoms with van der Waals surface area (Å²) in [7, 11) is 0. The Labute approximate surface area is 89.1 Å². The van der Waals surface area contributed by atoms with E-state index in [1.54, 1.807) is 0 Å². The van der Waals surface area contributed by atoms with E-state index in [2.05, 4.69) is 15.1 Å². The van der Waals surface area contributed by atoms with Crippen LogP contribution >= 0.6 is 0 Å². The highest BCUT2D eigenvalue weighted by Gasteiger charge is 2.30. The molecular formula is C10H17N3O2. The third kappa shape index (κ3) is 3.00. The normalized spacial score (nSPS) is 27.3. The molecule has 0 amide bonds. The van der Waals surface area contributed by atoms with E-state index in [1.165, 1.54) is 6.39 Å². The van der Waals surface area contributed by atoms with Crippen molar-refractivity contribution in [1.29, 1.82) is 0 Å². The quantitative estimate of drug-likeness (QED) is 0.784. The Hall–Kier alpha value is -0.940. The monoisotopic (exact) mass is 211 g/mol. The summed E-state index contributed by atoms with van der Waals surface area (Å²) in [5.41, 5.74) is -0.496. The summed E-state index contributed by atoms with van der Waals surface area (Å²) < 4.78 is 5.05. The molecular weight excluding hydrogens is 194 g/mol. The van der Waals surface area contributed by atoms with Crippen molar-refractivity contribution < 1.29 is 9.52 Å². The lowest BCUT2D eigenvalue weighted by atomic mass is 10.1. The summed E-state index contributed by atoms with van der Waals surface area (Å²) in [5.74, 6) is 0.695. The van der Waals surface area contributed by atoms with Crippen molar-refractivity contribution in [1.82, 2.24) is 15.1 Å². The van der Waals surface area contributed by atoms with E-state index in [0.29, 0.717) is 5.89 Å². The molecule has 1 saturated heterocycles. The molecule has 0 aliphatic carbocycles. The van der Waals surface area contributed by atoms with Gasteiger partial charge in [0.1, 0.15) is 0 Å². The van der Waals surface area contributed by atoms with Gasteiger partial charge in [-0.2, -0.15) is 0 Å². The second-order valence-electron chi connectivity index (χ2n) is 4.46. The minimum absolute atomic E-state index is 0.496. The summed E-state index contributed by atoms with van der Waals surface area (Å²) in [4.78, 5) is 2.27. The number of hydrogen-bond donors (Lipinski definition) is 1. The van der Waals surface area contributed by atoms with Gasteiger partial charge in [0.05, 0.1) is 5.60 Å². The van der Waals surface area contributed by atoms with Crippen LogP contribution in [-0.2, 0) is 6.42 Å². The third-order valence-corrected chi connectivity index (χ3v) is 2.80.